The van der Waals surface area contributed by atoms with Gasteiger partial charge >= 0.3 is 0 Å². The molecule has 28 heavy (non-hydrogen) atoms. The van der Waals surface area contributed by atoms with Crippen LogP contribution in [0.25, 0.3) is 0 Å². The fraction of sp³-hybridized carbons (Fsp3) is 0.481. The lowest BCUT2D eigenvalue weighted by molar-refractivity contribution is -0.0144. The molecular weight excluding hydrogens is 340 g/mol. The largest absolute Gasteiger partial charge is 0.373 e. The summed E-state index contributed by atoms with van der Waals surface area (Å²) in [5.41, 5.74) is 7.20. The van der Waals surface area contributed by atoms with Crippen LogP contribution in [0.15, 0.2) is 72.4 Å². The molecule has 0 saturated heterocycles. The van der Waals surface area contributed by atoms with E-state index in [1.165, 1.54) is 35.1 Å². The van der Waals surface area contributed by atoms with Gasteiger partial charge < -0.3 is 4.74 Å². The van der Waals surface area contributed by atoms with Gasteiger partial charge in [0.2, 0.25) is 0 Å². The first-order valence-electron chi connectivity index (χ1n) is 10.8. The number of hydrogen-bond acceptors (Lipinski definition) is 1. The summed E-state index contributed by atoms with van der Waals surface area (Å²) < 4.78 is 6.64. The van der Waals surface area contributed by atoms with E-state index in [-0.39, 0.29) is 16.9 Å². The van der Waals surface area contributed by atoms with Gasteiger partial charge in [-0.05, 0) is 67.2 Å². The van der Waals surface area contributed by atoms with Gasteiger partial charge in [-0.15, -0.1) is 6.58 Å². The third-order valence-corrected chi connectivity index (χ3v) is 7.71. The lowest BCUT2D eigenvalue weighted by atomic mass is 9.72. The molecule has 0 N–H and O–H groups in total. The van der Waals surface area contributed by atoms with Gasteiger partial charge in [-0.2, -0.15) is 0 Å². The van der Waals surface area contributed by atoms with Crippen LogP contribution in [0.4, 0.5) is 0 Å². The SMILES string of the molecule is C=CC1=C(C)C=C2CCC(OCc3ccccc3C(C)(C=C)C3CC3)C2(C)C1. The van der Waals surface area contributed by atoms with Gasteiger partial charge in [-0.1, -0.05) is 68.5 Å². The van der Waals surface area contributed by atoms with Gasteiger partial charge in [-0.25, -0.2) is 0 Å². The van der Waals surface area contributed by atoms with E-state index >= 15 is 0 Å². The van der Waals surface area contributed by atoms with Crippen molar-refractivity contribution in [3.8, 4) is 0 Å². The number of hydrogen-bond donors (Lipinski definition) is 0. The summed E-state index contributed by atoms with van der Waals surface area (Å²) in [4.78, 5) is 0. The van der Waals surface area contributed by atoms with Gasteiger partial charge in [0.05, 0.1) is 12.7 Å². The van der Waals surface area contributed by atoms with Crippen LogP contribution in [0.1, 0.15) is 64.0 Å². The lowest BCUT2D eigenvalue weighted by Crippen LogP contribution is -2.33. The van der Waals surface area contributed by atoms with Crippen molar-refractivity contribution in [3.63, 3.8) is 0 Å². The Hall–Kier alpha value is -1.86. The van der Waals surface area contributed by atoms with Crippen LogP contribution in [0.5, 0.6) is 0 Å². The van der Waals surface area contributed by atoms with E-state index in [1.54, 1.807) is 5.57 Å². The van der Waals surface area contributed by atoms with Crippen molar-refractivity contribution in [2.24, 2.45) is 11.3 Å². The highest BCUT2D eigenvalue weighted by Gasteiger charge is 2.46. The minimum absolute atomic E-state index is 0.0608. The van der Waals surface area contributed by atoms with Gasteiger partial charge in [0.1, 0.15) is 0 Å². The van der Waals surface area contributed by atoms with Crippen molar-refractivity contribution in [1.82, 2.24) is 0 Å². The van der Waals surface area contributed by atoms with Gasteiger partial charge in [0.15, 0.2) is 0 Å². The summed E-state index contributed by atoms with van der Waals surface area (Å²) in [5, 5.41) is 0. The highest BCUT2D eigenvalue weighted by atomic mass is 16.5. The quantitative estimate of drug-likeness (QED) is 0.464. The van der Waals surface area contributed by atoms with E-state index in [4.69, 9.17) is 4.74 Å². The Kier molecular flexibility index (Phi) is 5.00. The molecule has 0 spiro atoms. The summed E-state index contributed by atoms with van der Waals surface area (Å²) in [6, 6.07) is 8.82. The average molecular weight is 375 g/mol. The molecule has 0 bridgehead atoms. The Morgan fingerprint density at radius 1 is 1.21 bits per heavy atom. The maximum absolute atomic E-state index is 6.64. The normalized spacial score (nSPS) is 29.1. The van der Waals surface area contributed by atoms with Crippen molar-refractivity contribution < 1.29 is 4.74 Å². The predicted octanol–water partition coefficient (Wildman–Crippen LogP) is 7.06. The summed E-state index contributed by atoms with van der Waals surface area (Å²) in [7, 11) is 0. The summed E-state index contributed by atoms with van der Waals surface area (Å²) in [6.45, 7) is 15.8. The Labute approximate surface area is 170 Å². The molecule has 2 saturated carbocycles. The number of benzene rings is 1. The van der Waals surface area contributed by atoms with Crippen LogP contribution in [-0.4, -0.2) is 6.10 Å². The molecule has 3 aliphatic carbocycles. The standard InChI is InChI=1S/C27H34O/c1-6-20-17-27(5)23(16-19(20)3)14-15-25(27)28-18-21-10-8-9-11-24(21)26(4,7-2)22-12-13-22/h6-11,16,22,25H,1-2,12-15,17-18H2,3-5H3. The van der Waals surface area contributed by atoms with Gasteiger partial charge in [0.25, 0.3) is 0 Å². The van der Waals surface area contributed by atoms with Crippen molar-refractivity contribution >= 4 is 0 Å². The lowest BCUT2D eigenvalue weighted by Gasteiger charge is -2.37. The number of fused-ring (bicyclic) bond motifs is 1. The first kappa shape index (κ1) is 19.5. The molecule has 2 fully saturated rings. The van der Waals surface area contributed by atoms with E-state index in [0.717, 1.165) is 25.2 Å². The van der Waals surface area contributed by atoms with Crippen LogP contribution in [0.2, 0.25) is 0 Å². The smallest absolute Gasteiger partial charge is 0.0724 e. The third kappa shape index (κ3) is 3.14. The highest BCUT2D eigenvalue weighted by molar-refractivity contribution is 5.44. The van der Waals surface area contributed by atoms with Crippen molar-refractivity contribution in [2.75, 3.05) is 0 Å². The monoisotopic (exact) mass is 374 g/mol. The first-order valence-corrected chi connectivity index (χ1v) is 10.8. The molecule has 1 aromatic carbocycles. The second kappa shape index (κ2) is 7.19. The minimum Gasteiger partial charge on any atom is -0.373 e. The van der Waals surface area contributed by atoms with Gasteiger partial charge in [0, 0.05) is 10.8 Å². The molecule has 148 valence electrons. The van der Waals surface area contributed by atoms with E-state index in [9.17, 15) is 0 Å². The molecule has 0 amide bonds. The maximum Gasteiger partial charge on any atom is 0.0724 e. The molecule has 1 nitrogen and oxygen atoms in total. The minimum atomic E-state index is 0.0608. The zero-order valence-corrected chi connectivity index (χ0v) is 17.8. The molecule has 3 atom stereocenters. The molecule has 1 heteroatoms. The zero-order valence-electron chi connectivity index (χ0n) is 17.8. The second-order valence-corrected chi connectivity index (χ2v) is 9.43. The summed E-state index contributed by atoms with van der Waals surface area (Å²) in [6.07, 6.45) is 12.8. The second-order valence-electron chi connectivity index (χ2n) is 9.43. The number of ether oxygens (including phenoxy) is 1. The van der Waals surface area contributed by atoms with Crippen molar-refractivity contribution in [1.29, 1.82) is 0 Å². The fourth-order valence-corrected chi connectivity index (χ4v) is 5.49. The molecule has 0 heterocycles. The van der Waals surface area contributed by atoms with E-state index in [0.29, 0.717) is 6.61 Å². The van der Waals surface area contributed by atoms with E-state index < -0.39 is 0 Å². The van der Waals surface area contributed by atoms with Crippen LogP contribution in [0, 0.1) is 11.3 Å². The highest BCUT2D eigenvalue weighted by Crippen LogP contribution is 2.53. The summed E-state index contributed by atoms with van der Waals surface area (Å²) in [5.74, 6) is 0.728. The number of rotatable bonds is 7. The third-order valence-electron chi connectivity index (χ3n) is 7.71. The topological polar surface area (TPSA) is 9.23 Å². The molecule has 0 aromatic heterocycles. The first-order chi connectivity index (χ1) is 13.4. The Morgan fingerprint density at radius 2 is 1.96 bits per heavy atom. The molecule has 3 aliphatic rings. The summed E-state index contributed by atoms with van der Waals surface area (Å²) >= 11 is 0. The van der Waals surface area contributed by atoms with Crippen LogP contribution >= 0.6 is 0 Å². The van der Waals surface area contributed by atoms with Crippen LogP contribution in [-0.2, 0) is 16.8 Å². The number of allylic oxidation sites excluding steroid dienone is 5. The van der Waals surface area contributed by atoms with Gasteiger partial charge in [-0.3, -0.25) is 0 Å². The van der Waals surface area contributed by atoms with E-state index in [1.807, 2.05) is 6.08 Å². The predicted molar refractivity (Wildman–Crippen MR) is 118 cm³/mol. The maximum atomic E-state index is 6.64. The molecule has 3 unspecified atom stereocenters. The average Bonchev–Trinajstić information content (AvgIpc) is 3.51. The molecular formula is C27H34O. The molecule has 0 radical (unpaired) electrons. The van der Waals surface area contributed by atoms with Crippen molar-refractivity contribution in [2.45, 2.75) is 71.0 Å². The Bertz CT molecular complexity index is 853. The molecule has 4 rings (SSSR count). The van der Waals surface area contributed by atoms with E-state index in [2.05, 4.69) is 70.3 Å². The Morgan fingerprint density at radius 3 is 2.64 bits per heavy atom. The fourth-order valence-electron chi connectivity index (χ4n) is 5.49. The Balaban J connectivity index is 1.54. The van der Waals surface area contributed by atoms with Crippen LogP contribution in [0.3, 0.4) is 0 Å². The zero-order chi connectivity index (χ0) is 19.9. The van der Waals surface area contributed by atoms with Crippen LogP contribution < -0.4 is 0 Å². The molecule has 1 aromatic rings. The van der Waals surface area contributed by atoms with Crippen molar-refractivity contribution in [3.05, 3.63) is 83.5 Å². The molecule has 0 aliphatic heterocycles.